The molecule has 6 nitrogen and oxygen atoms in total. The second-order valence-electron chi connectivity index (χ2n) is 6.58. The number of rotatable bonds is 8. The van der Waals surface area contributed by atoms with Crippen LogP contribution in [0.5, 0.6) is 0 Å². The number of amides is 1. The van der Waals surface area contributed by atoms with Gasteiger partial charge in [-0.05, 0) is 38.6 Å². The van der Waals surface area contributed by atoms with E-state index in [-0.39, 0.29) is 11.8 Å². The fraction of sp³-hybridized carbons (Fsp3) is 0.882. The Balaban J connectivity index is 1.56. The number of hydrogen-bond acceptors (Lipinski definition) is 3. The van der Waals surface area contributed by atoms with E-state index in [1.165, 1.54) is 32.2 Å². The van der Waals surface area contributed by atoms with Gasteiger partial charge in [0, 0.05) is 45.2 Å². The molecule has 2 aliphatic rings. The van der Waals surface area contributed by atoms with E-state index >= 15 is 0 Å². The maximum Gasteiger partial charge on any atom is 0.223 e. The highest BCUT2D eigenvalue weighted by molar-refractivity contribution is 5.81. The SMILES string of the molecule is CCC1CCCCN1CCNC(=NC)NCCNC(=O)C1CC1. The van der Waals surface area contributed by atoms with Gasteiger partial charge < -0.3 is 16.0 Å². The first-order valence-electron chi connectivity index (χ1n) is 9.21. The predicted octanol–water partition coefficient (Wildman–Crippen LogP) is 0.942. The Labute approximate surface area is 140 Å². The van der Waals surface area contributed by atoms with Crippen LogP contribution in [0.3, 0.4) is 0 Å². The number of nitrogens with one attached hydrogen (secondary N) is 3. The summed E-state index contributed by atoms with van der Waals surface area (Å²) in [5.74, 6) is 1.30. The summed E-state index contributed by atoms with van der Waals surface area (Å²) in [6, 6.07) is 0.748. The van der Waals surface area contributed by atoms with Crippen molar-refractivity contribution in [2.24, 2.45) is 10.9 Å². The van der Waals surface area contributed by atoms with Gasteiger partial charge in [0.05, 0.1) is 0 Å². The van der Waals surface area contributed by atoms with Crippen LogP contribution in [0.25, 0.3) is 0 Å². The van der Waals surface area contributed by atoms with E-state index in [4.69, 9.17) is 0 Å². The largest absolute Gasteiger partial charge is 0.355 e. The zero-order valence-corrected chi connectivity index (χ0v) is 14.7. The van der Waals surface area contributed by atoms with Crippen LogP contribution in [-0.4, -0.2) is 62.6 Å². The highest BCUT2D eigenvalue weighted by atomic mass is 16.2. The van der Waals surface area contributed by atoms with E-state index in [2.05, 4.69) is 32.8 Å². The molecule has 0 radical (unpaired) electrons. The minimum atomic E-state index is 0.199. The van der Waals surface area contributed by atoms with Crippen molar-refractivity contribution in [1.29, 1.82) is 0 Å². The lowest BCUT2D eigenvalue weighted by Crippen LogP contribution is -2.47. The standard InChI is InChI=1S/C17H33N5O/c1-3-15-6-4-5-12-22(15)13-11-21-17(18-2)20-10-9-19-16(23)14-7-8-14/h14-15H,3-13H2,1-2H3,(H,19,23)(H2,18,20,21). The fourth-order valence-electron chi connectivity index (χ4n) is 3.21. The Morgan fingerprint density at radius 1 is 1.09 bits per heavy atom. The molecular weight excluding hydrogens is 290 g/mol. The number of carbonyl (C=O) groups excluding carboxylic acids is 1. The van der Waals surface area contributed by atoms with Crippen molar-refractivity contribution in [2.45, 2.75) is 51.5 Å². The number of piperidine rings is 1. The van der Waals surface area contributed by atoms with Crippen molar-refractivity contribution in [2.75, 3.05) is 39.8 Å². The molecule has 132 valence electrons. The molecule has 2 fully saturated rings. The second kappa shape index (κ2) is 9.75. The molecular formula is C17H33N5O. The van der Waals surface area contributed by atoms with Crippen LogP contribution in [0.15, 0.2) is 4.99 Å². The van der Waals surface area contributed by atoms with Gasteiger partial charge in [-0.2, -0.15) is 0 Å². The molecule has 1 saturated heterocycles. The lowest BCUT2D eigenvalue weighted by Gasteiger charge is -2.35. The van der Waals surface area contributed by atoms with Crippen molar-refractivity contribution in [3.63, 3.8) is 0 Å². The predicted molar refractivity (Wildman–Crippen MR) is 94.6 cm³/mol. The number of guanidine groups is 1. The lowest BCUT2D eigenvalue weighted by atomic mass is 10.0. The number of likely N-dealkylation sites (tertiary alicyclic amines) is 1. The normalized spacial score (nSPS) is 22.7. The molecule has 3 N–H and O–H groups in total. The maximum atomic E-state index is 11.5. The summed E-state index contributed by atoms with van der Waals surface area (Å²) in [7, 11) is 1.79. The number of nitrogens with zero attached hydrogens (tertiary/aromatic N) is 2. The average molecular weight is 323 g/mol. The molecule has 1 saturated carbocycles. The molecule has 0 aromatic heterocycles. The van der Waals surface area contributed by atoms with Gasteiger partial charge in [0.2, 0.25) is 5.91 Å². The molecule has 0 bridgehead atoms. The van der Waals surface area contributed by atoms with Crippen LogP contribution >= 0.6 is 0 Å². The molecule has 0 spiro atoms. The van der Waals surface area contributed by atoms with Gasteiger partial charge in [0.25, 0.3) is 0 Å². The van der Waals surface area contributed by atoms with Crippen molar-refractivity contribution in [1.82, 2.24) is 20.9 Å². The number of hydrogen-bond donors (Lipinski definition) is 3. The zero-order valence-electron chi connectivity index (χ0n) is 14.7. The lowest BCUT2D eigenvalue weighted by molar-refractivity contribution is -0.122. The highest BCUT2D eigenvalue weighted by Crippen LogP contribution is 2.28. The van der Waals surface area contributed by atoms with Crippen molar-refractivity contribution in [3.05, 3.63) is 0 Å². The van der Waals surface area contributed by atoms with Gasteiger partial charge in [-0.25, -0.2) is 0 Å². The molecule has 23 heavy (non-hydrogen) atoms. The molecule has 1 heterocycles. The summed E-state index contributed by atoms with van der Waals surface area (Å²) >= 11 is 0. The van der Waals surface area contributed by atoms with Gasteiger partial charge in [0.15, 0.2) is 5.96 Å². The molecule has 1 atom stereocenters. The Hall–Kier alpha value is -1.30. The van der Waals surface area contributed by atoms with Gasteiger partial charge in [-0.15, -0.1) is 0 Å². The third-order valence-electron chi connectivity index (χ3n) is 4.80. The minimum Gasteiger partial charge on any atom is -0.355 e. The first kappa shape index (κ1) is 18.0. The summed E-state index contributed by atoms with van der Waals surface area (Å²) in [5.41, 5.74) is 0. The smallest absolute Gasteiger partial charge is 0.223 e. The van der Waals surface area contributed by atoms with Crippen LogP contribution in [0.2, 0.25) is 0 Å². The summed E-state index contributed by atoms with van der Waals surface area (Å²) in [6.07, 6.45) is 7.38. The molecule has 2 rings (SSSR count). The average Bonchev–Trinajstić information content (AvgIpc) is 3.42. The third-order valence-corrected chi connectivity index (χ3v) is 4.80. The topological polar surface area (TPSA) is 68.8 Å². The molecule has 1 amide bonds. The van der Waals surface area contributed by atoms with E-state index in [1.54, 1.807) is 7.05 Å². The van der Waals surface area contributed by atoms with Crippen LogP contribution in [-0.2, 0) is 4.79 Å². The molecule has 0 aromatic rings. The Morgan fingerprint density at radius 3 is 2.52 bits per heavy atom. The van der Waals surface area contributed by atoms with Crippen LogP contribution in [0.1, 0.15) is 45.4 Å². The summed E-state index contributed by atoms with van der Waals surface area (Å²) in [4.78, 5) is 18.4. The molecule has 0 aromatic carbocycles. The minimum absolute atomic E-state index is 0.199. The number of carbonyl (C=O) groups is 1. The molecule has 1 aliphatic heterocycles. The van der Waals surface area contributed by atoms with Gasteiger partial charge in [0.1, 0.15) is 0 Å². The van der Waals surface area contributed by atoms with E-state index < -0.39 is 0 Å². The Morgan fingerprint density at radius 2 is 1.83 bits per heavy atom. The number of aliphatic imine (C=N–C) groups is 1. The zero-order chi connectivity index (χ0) is 16.5. The van der Waals surface area contributed by atoms with Gasteiger partial charge in [-0.3, -0.25) is 14.7 Å². The van der Waals surface area contributed by atoms with Gasteiger partial charge in [-0.1, -0.05) is 13.3 Å². The first-order chi connectivity index (χ1) is 11.2. The summed E-state index contributed by atoms with van der Waals surface area (Å²) in [5, 5.41) is 9.57. The highest BCUT2D eigenvalue weighted by Gasteiger charge is 2.28. The third kappa shape index (κ3) is 6.37. The van der Waals surface area contributed by atoms with Gasteiger partial charge >= 0.3 is 0 Å². The Bertz CT molecular complexity index is 394. The van der Waals surface area contributed by atoms with Crippen LogP contribution in [0, 0.1) is 5.92 Å². The summed E-state index contributed by atoms with van der Waals surface area (Å²) < 4.78 is 0. The van der Waals surface area contributed by atoms with E-state index in [0.29, 0.717) is 13.1 Å². The first-order valence-corrected chi connectivity index (χ1v) is 9.21. The van der Waals surface area contributed by atoms with Crippen molar-refractivity contribution >= 4 is 11.9 Å². The molecule has 1 unspecified atom stereocenters. The van der Waals surface area contributed by atoms with E-state index in [0.717, 1.165) is 37.9 Å². The fourth-order valence-corrected chi connectivity index (χ4v) is 3.21. The summed E-state index contributed by atoms with van der Waals surface area (Å²) in [6.45, 7) is 6.84. The molecule has 1 aliphatic carbocycles. The van der Waals surface area contributed by atoms with E-state index in [1.807, 2.05) is 0 Å². The monoisotopic (exact) mass is 323 g/mol. The van der Waals surface area contributed by atoms with Crippen LogP contribution < -0.4 is 16.0 Å². The van der Waals surface area contributed by atoms with E-state index in [9.17, 15) is 4.79 Å². The molecule has 6 heteroatoms. The quantitative estimate of drug-likeness (QED) is 0.353. The van der Waals surface area contributed by atoms with Crippen LogP contribution in [0.4, 0.5) is 0 Å². The van der Waals surface area contributed by atoms with Crippen molar-refractivity contribution in [3.8, 4) is 0 Å². The second-order valence-corrected chi connectivity index (χ2v) is 6.58. The van der Waals surface area contributed by atoms with Crippen molar-refractivity contribution < 1.29 is 4.79 Å². The Kier molecular flexibility index (Phi) is 7.65. The maximum absolute atomic E-state index is 11.5.